The number of sulfone groups is 1. The van der Waals surface area contributed by atoms with E-state index < -0.39 is 54.2 Å². The molecule has 0 unspecified atom stereocenters. The molecule has 0 aliphatic carbocycles. The number of carbonyl (C=O) groups excluding carboxylic acids is 1. The highest BCUT2D eigenvalue weighted by Crippen LogP contribution is 2.28. The van der Waals surface area contributed by atoms with Gasteiger partial charge in [0, 0.05) is 63.3 Å². The predicted molar refractivity (Wildman–Crippen MR) is 270 cm³/mol. The molecule has 7 aromatic rings. The van der Waals surface area contributed by atoms with Gasteiger partial charge in [0.15, 0.2) is 38.8 Å². The van der Waals surface area contributed by atoms with Gasteiger partial charge in [-0.2, -0.15) is 0 Å². The van der Waals surface area contributed by atoms with Crippen LogP contribution in [0.1, 0.15) is 90.8 Å². The second-order valence-electron chi connectivity index (χ2n) is 15.9. The van der Waals surface area contributed by atoms with Crippen LogP contribution in [0.4, 0.5) is 0 Å². The van der Waals surface area contributed by atoms with Gasteiger partial charge in [-0.15, -0.1) is 10.2 Å². The number of hydrogen-bond donors (Lipinski definition) is 3. The summed E-state index contributed by atoms with van der Waals surface area (Å²) in [5.41, 5.74) is 6.82. The molecule has 0 radical (unpaired) electrons. The zero-order valence-electron chi connectivity index (χ0n) is 41.7. The van der Waals surface area contributed by atoms with Crippen molar-refractivity contribution in [2.45, 2.75) is 82.1 Å². The summed E-state index contributed by atoms with van der Waals surface area (Å²) < 4.78 is 89.3. The van der Waals surface area contributed by atoms with E-state index in [9.17, 15) is 21.6 Å². The van der Waals surface area contributed by atoms with E-state index in [2.05, 4.69) is 71.0 Å². The number of pyridine rings is 2. The van der Waals surface area contributed by atoms with Crippen LogP contribution in [0.2, 0.25) is 10.0 Å². The first-order valence-corrected chi connectivity index (χ1v) is 26.6. The summed E-state index contributed by atoms with van der Waals surface area (Å²) in [7, 11) is -2.35. The molecule has 7 heterocycles. The lowest BCUT2D eigenvalue weighted by Gasteiger charge is -2.23. The van der Waals surface area contributed by atoms with Crippen molar-refractivity contribution in [3.63, 3.8) is 0 Å². The Hall–Kier alpha value is -7.24. The van der Waals surface area contributed by atoms with E-state index in [-0.39, 0.29) is 53.1 Å². The zero-order valence-corrected chi connectivity index (χ0v) is 44.8. The molecule has 400 valence electrons. The number of sulfonamides is 1. The van der Waals surface area contributed by atoms with Crippen LogP contribution >= 0.6 is 23.2 Å². The number of halogens is 2. The number of hydrogen-bond acceptors (Lipinski definition) is 22. The number of guanidine groups is 1. The lowest BCUT2D eigenvalue weighted by Crippen LogP contribution is -2.52. The number of nitrogens with one attached hydrogen (secondary N) is 3. The Balaban J connectivity index is 0.000000244. The maximum absolute atomic E-state index is 13.5. The van der Waals surface area contributed by atoms with E-state index in [1.54, 1.807) is 41.0 Å². The fourth-order valence-electron chi connectivity index (χ4n) is 6.73. The summed E-state index contributed by atoms with van der Waals surface area (Å²) in [6, 6.07) is 13.3. The maximum atomic E-state index is 13.5. The zero-order chi connectivity index (χ0) is 54.3. The van der Waals surface area contributed by atoms with Crippen molar-refractivity contribution in [2.24, 2.45) is 4.99 Å². The molecule has 75 heavy (non-hydrogen) atoms. The number of hydrazine groups is 1. The first-order valence-electron chi connectivity index (χ1n) is 22.6. The second-order valence-corrected chi connectivity index (χ2v) is 21.1. The molecule has 3 N–H and O–H groups in total. The molecule has 0 fully saturated rings. The number of carbonyl (C=O) groups is 1. The Morgan fingerprint density at radius 1 is 0.733 bits per heavy atom. The molecule has 1 amide bonds. The molecule has 0 bridgehead atoms. The Morgan fingerprint density at radius 3 is 1.84 bits per heavy atom. The van der Waals surface area contributed by atoms with Crippen molar-refractivity contribution < 1.29 is 49.6 Å². The third-order valence-electron chi connectivity index (χ3n) is 10.9. The van der Waals surface area contributed by atoms with Crippen LogP contribution in [0.3, 0.4) is 0 Å². The molecular formula is C45H53Cl2N15O11S2. The summed E-state index contributed by atoms with van der Waals surface area (Å²) in [4.78, 5) is 41.7. The van der Waals surface area contributed by atoms with Gasteiger partial charge in [-0.1, -0.05) is 59.5 Å². The molecule has 7 rings (SSSR count). The quantitative estimate of drug-likeness (QED) is 0.0501. The summed E-state index contributed by atoms with van der Waals surface area (Å²) in [5.74, 6) is 1.02. The van der Waals surface area contributed by atoms with Gasteiger partial charge < -0.3 is 32.6 Å². The number of methoxy groups -OCH3 is 4. The third kappa shape index (κ3) is 15.2. The van der Waals surface area contributed by atoms with Gasteiger partial charge in [-0.25, -0.2) is 51.7 Å². The molecule has 0 aliphatic heterocycles. The maximum Gasteiger partial charge on any atom is 0.288 e. The number of aromatic nitrogens is 11. The van der Waals surface area contributed by atoms with Crippen LogP contribution in [0.25, 0.3) is 11.5 Å². The second kappa shape index (κ2) is 26.3. The summed E-state index contributed by atoms with van der Waals surface area (Å²) in [5, 5.41) is 14.8. The average Bonchev–Trinajstić information content (AvgIpc) is 4.19. The van der Waals surface area contributed by atoms with Crippen molar-refractivity contribution in [3.8, 4) is 23.3 Å². The first kappa shape index (κ1) is 57.0. The lowest BCUT2D eigenvalue weighted by molar-refractivity contribution is 0.0934. The highest BCUT2D eigenvalue weighted by Gasteiger charge is 2.36. The Bertz CT molecular complexity index is 3250. The van der Waals surface area contributed by atoms with Crippen LogP contribution < -0.4 is 25.0 Å². The van der Waals surface area contributed by atoms with Gasteiger partial charge in [0.1, 0.15) is 47.0 Å². The van der Waals surface area contributed by atoms with Crippen molar-refractivity contribution in [3.05, 3.63) is 129 Å². The molecule has 7 aromatic heterocycles. The van der Waals surface area contributed by atoms with E-state index in [0.717, 1.165) is 5.69 Å². The Morgan fingerprint density at radius 2 is 1.28 bits per heavy atom. The van der Waals surface area contributed by atoms with E-state index in [1.807, 2.05) is 19.9 Å². The van der Waals surface area contributed by atoms with Crippen molar-refractivity contribution in [1.29, 1.82) is 0 Å². The number of aliphatic imine (C=N–C) groups is 1. The van der Waals surface area contributed by atoms with Gasteiger partial charge in [-0.3, -0.25) is 20.4 Å². The number of aryl methyl sites for hydroxylation is 2. The van der Waals surface area contributed by atoms with Crippen LogP contribution in [-0.2, 0) is 61.0 Å². The topological polar surface area (TPSA) is 331 Å². The van der Waals surface area contributed by atoms with Gasteiger partial charge >= 0.3 is 0 Å². The first-order chi connectivity index (χ1) is 35.9. The lowest BCUT2D eigenvalue weighted by atomic mass is 10.2. The summed E-state index contributed by atoms with van der Waals surface area (Å²) in [6.07, 6.45) is 4.84. The number of nitrogens with zero attached hydrogens (tertiary/aromatic N) is 12. The van der Waals surface area contributed by atoms with Gasteiger partial charge in [0.05, 0.1) is 47.4 Å². The minimum Gasteiger partial charge on any atom is -0.481 e. The highest BCUT2D eigenvalue weighted by atomic mass is 35.5. The number of ether oxygens (including phenoxy) is 4. The van der Waals surface area contributed by atoms with Gasteiger partial charge in [0.25, 0.3) is 5.91 Å². The summed E-state index contributed by atoms with van der Waals surface area (Å²) in [6.45, 7) is 6.90. The van der Waals surface area contributed by atoms with E-state index in [1.165, 1.54) is 73.1 Å². The van der Waals surface area contributed by atoms with E-state index >= 15 is 0 Å². The SMILES string of the molecule is CCc1cc(CN=C(NNC(=O)c2cccc(OC)n2)NS(=O)(=O)[C@@H](C)[C@H](OC)c2ncc(Cl)cn2)on1.CCc1cc(Cn2c(CS(=O)(=O)[C@@H](C)[C@H](OC)c3ncc(Cl)cn3)nnc2-c2cccc(OC)n2)on1. The van der Waals surface area contributed by atoms with Gasteiger partial charge in [0.2, 0.25) is 27.7 Å². The Kier molecular flexibility index (Phi) is 20.0. The fourth-order valence-corrected chi connectivity index (χ4v) is 9.50. The average molecular weight is 1120 g/mol. The number of amides is 1. The fraction of sp³-hybridized carbons (Fsp3) is 0.378. The van der Waals surface area contributed by atoms with Crippen molar-refractivity contribution >= 4 is 54.9 Å². The molecule has 0 saturated carbocycles. The van der Waals surface area contributed by atoms with E-state index in [0.29, 0.717) is 52.5 Å². The monoisotopic (exact) mass is 1110 g/mol. The molecule has 0 spiro atoms. The molecular weight excluding hydrogens is 1060 g/mol. The van der Waals surface area contributed by atoms with Crippen LogP contribution in [0, 0.1) is 0 Å². The van der Waals surface area contributed by atoms with Crippen LogP contribution in [0.5, 0.6) is 11.8 Å². The molecule has 0 saturated heterocycles. The van der Waals surface area contributed by atoms with Crippen LogP contribution in [-0.4, -0.2) is 123 Å². The molecule has 0 aromatic carbocycles. The smallest absolute Gasteiger partial charge is 0.288 e. The minimum absolute atomic E-state index is 0.0228. The van der Waals surface area contributed by atoms with Gasteiger partial charge in [-0.05, 0) is 38.8 Å². The predicted octanol–water partition coefficient (Wildman–Crippen LogP) is 4.65. The molecule has 4 atom stereocenters. The molecule has 0 aliphatic rings. The number of rotatable bonds is 21. The van der Waals surface area contributed by atoms with Crippen LogP contribution in [0.15, 0.2) is 87.4 Å². The minimum atomic E-state index is -4.17. The largest absolute Gasteiger partial charge is 0.481 e. The normalized spacial score (nSPS) is 13.4. The Labute approximate surface area is 441 Å². The third-order valence-corrected chi connectivity index (χ3v) is 15.0. The van der Waals surface area contributed by atoms with Crippen molar-refractivity contribution in [1.82, 2.24) is 70.6 Å². The highest BCUT2D eigenvalue weighted by molar-refractivity contribution is 7.91. The molecule has 30 heteroatoms. The molecule has 26 nitrogen and oxygen atoms in total. The van der Waals surface area contributed by atoms with Crippen molar-refractivity contribution in [2.75, 3.05) is 28.4 Å². The van der Waals surface area contributed by atoms with E-state index in [4.69, 9.17) is 51.2 Å². The summed E-state index contributed by atoms with van der Waals surface area (Å²) >= 11 is 11.7. The standard InChI is InChI=1S/C23H26ClN7O5S.C22H27ClN8O6S/c1-5-16-9-17(36-30-16)12-31-19(28-29-23(31)18-7-6-8-20(27-18)34-3)13-37(32,33)14(2)21(35-4)22-25-10-15(24)11-26-22;1-5-15-9-16(37-30-15)12-26-22(29-28-21(32)17-7-6-8-18(27-17)35-3)31-38(33,34)13(2)19(36-4)20-24-10-14(23)11-25-20/h6-11,14,21H,5,12-13H2,1-4H3;6-11,13,19H,5,12H2,1-4H3,(H,28,32)(H2,26,29,31)/t14-,21-;13-,19-/m00/s1.